The zero-order valence-corrected chi connectivity index (χ0v) is 19.1. The lowest BCUT2D eigenvalue weighted by Gasteiger charge is -2.05. The molecule has 4 aromatic rings. The molecule has 4 rings (SSSR count). The third kappa shape index (κ3) is 7.86. The zero-order valence-electron chi connectivity index (χ0n) is 17.0. The maximum Gasteiger partial charge on any atom is 0.569 e. The molecule has 0 aromatic heterocycles. The molecule has 0 aliphatic heterocycles. The van der Waals surface area contributed by atoms with Crippen LogP contribution in [0.3, 0.4) is 0 Å². The second kappa shape index (κ2) is 13.3. The minimum absolute atomic E-state index is 0.0185. The van der Waals surface area contributed by atoms with E-state index in [2.05, 4.69) is 27.2 Å². The molecule has 0 aliphatic carbocycles. The number of benzene rings is 4. The van der Waals surface area contributed by atoms with Gasteiger partial charge >= 0.3 is 7.69 Å². The highest BCUT2D eigenvalue weighted by molar-refractivity contribution is 14.1. The van der Waals surface area contributed by atoms with E-state index >= 15 is 0 Å². The van der Waals surface area contributed by atoms with Gasteiger partial charge in [0.1, 0.15) is 11.6 Å². The van der Waals surface area contributed by atoms with Gasteiger partial charge in [-0.25, -0.2) is 8.78 Å². The molecular weight excluding hydrogens is 524 g/mol. The molecule has 0 amide bonds. The van der Waals surface area contributed by atoms with Gasteiger partial charge in [0.25, 0.3) is 0 Å². The van der Waals surface area contributed by atoms with Crippen LogP contribution in [0, 0.1) is 15.2 Å². The molecule has 0 heterocycles. The minimum atomic E-state index is -0.493. The fourth-order valence-electron chi connectivity index (χ4n) is 2.49. The fraction of sp³-hybridized carbons (Fsp3) is 0. The maximum atomic E-state index is 13.4. The predicted octanol–water partition coefficient (Wildman–Crippen LogP) is 5.68. The Labute approximate surface area is 200 Å². The SMILES string of the molecule is Nc1ccccc1-c1ccccc1F.Nc1ccccc1I.O[B]Oc1ccccc1F. The molecular formula is C24H21BF2IN2O2. The molecule has 0 saturated heterocycles. The summed E-state index contributed by atoms with van der Waals surface area (Å²) in [5.41, 5.74) is 14.0. The van der Waals surface area contributed by atoms with Crippen molar-refractivity contribution >= 4 is 41.7 Å². The van der Waals surface area contributed by atoms with Gasteiger partial charge in [0.15, 0.2) is 5.82 Å². The quantitative estimate of drug-likeness (QED) is 0.176. The first kappa shape index (κ1) is 25.2. The number of para-hydroxylation sites is 3. The Balaban J connectivity index is 0.000000178. The summed E-state index contributed by atoms with van der Waals surface area (Å²) < 4.78 is 31.4. The molecule has 4 aromatic carbocycles. The van der Waals surface area contributed by atoms with Gasteiger partial charge in [-0.2, -0.15) is 0 Å². The van der Waals surface area contributed by atoms with Crippen LogP contribution in [0.25, 0.3) is 11.1 Å². The number of hydrogen-bond acceptors (Lipinski definition) is 4. The van der Waals surface area contributed by atoms with Gasteiger partial charge in [0.05, 0.1) is 0 Å². The lowest BCUT2D eigenvalue weighted by Crippen LogP contribution is -2.00. The Hall–Kier alpha value is -3.11. The number of halogens is 3. The summed E-state index contributed by atoms with van der Waals surface area (Å²) in [5.74, 6) is -0.719. The van der Waals surface area contributed by atoms with Crippen molar-refractivity contribution < 1.29 is 18.5 Å². The summed E-state index contributed by atoms with van der Waals surface area (Å²) in [7, 11) is 0.443. The Morgan fingerprint density at radius 3 is 1.66 bits per heavy atom. The monoisotopic (exact) mass is 545 g/mol. The number of anilines is 2. The van der Waals surface area contributed by atoms with E-state index in [1.54, 1.807) is 36.4 Å². The molecule has 5 N–H and O–H groups in total. The highest BCUT2D eigenvalue weighted by Crippen LogP contribution is 2.27. The topological polar surface area (TPSA) is 81.5 Å². The Kier molecular flexibility index (Phi) is 10.5. The van der Waals surface area contributed by atoms with Crippen molar-refractivity contribution in [2.24, 2.45) is 0 Å². The molecule has 32 heavy (non-hydrogen) atoms. The van der Waals surface area contributed by atoms with E-state index in [9.17, 15) is 8.78 Å². The van der Waals surface area contributed by atoms with E-state index in [4.69, 9.17) is 16.5 Å². The van der Waals surface area contributed by atoms with Gasteiger partial charge in [0.2, 0.25) is 0 Å². The van der Waals surface area contributed by atoms with E-state index in [1.165, 1.54) is 18.2 Å². The van der Waals surface area contributed by atoms with Crippen molar-refractivity contribution in [1.29, 1.82) is 0 Å². The van der Waals surface area contributed by atoms with Crippen LogP contribution in [0.2, 0.25) is 0 Å². The predicted molar refractivity (Wildman–Crippen MR) is 135 cm³/mol. The molecule has 163 valence electrons. The van der Waals surface area contributed by atoms with Crippen LogP contribution in [0.4, 0.5) is 20.2 Å². The van der Waals surface area contributed by atoms with E-state index in [1.807, 2.05) is 42.5 Å². The first-order valence-electron chi connectivity index (χ1n) is 9.40. The van der Waals surface area contributed by atoms with Gasteiger partial charge in [-0.3, -0.25) is 0 Å². The van der Waals surface area contributed by atoms with Crippen LogP contribution < -0.4 is 16.1 Å². The number of nitrogens with two attached hydrogens (primary N) is 2. The standard InChI is InChI=1S/C12H10FN.C6H5BFO2.C6H6IN/c13-11-7-3-1-5-9(11)10-6-2-4-8-12(10)14;8-5-3-1-2-4-6(5)10-7-9;7-5-3-1-2-4-6(5)8/h1-8H,14H2;1-4,9H;1-4H,8H2. The third-order valence-electron chi connectivity index (χ3n) is 4.05. The first-order chi connectivity index (χ1) is 15.4. The fourth-order valence-corrected chi connectivity index (χ4v) is 2.88. The average Bonchev–Trinajstić information content (AvgIpc) is 2.79. The van der Waals surface area contributed by atoms with Gasteiger partial charge in [-0.15, -0.1) is 0 Å². The average molecular weight is 545 g/mol. The van der Waals surface area contributed by atoms with Gasteiger partial charge in [0, 0.05) is 26.1 Å². The first-order valence-corrected chi connectivity index (χ1v) is 10.5. The maximum absolute atomic E-state index is 13.4. The molecule has 0 atom stereocenters. The number of hydrogen-bond donors (Lipinski definition) is 3. The summed E-state index contributed by atoms with van der Waals surface area (Å²) in [4.78, 5) is 0. The van der Waals surface area contributed by atoms with Crippen LogP contribution in [-0.4, -0.2) is 12.7 Å². The summed E-state index contributed by atoms with van der Waals surface area (Å²) in [5, 5.41) is 8.13. The Bertz CT molecular complexity index is 1070. The summed E-state index contributed by atoms with van der Waals surface area (Å²) in [6.07, 6.45) is 0. The second-order valence-corrected chi connectivity index (χ2v) is 7.40. The smallest absolute Gasteiger partial charge is 0.535 e. The number of rotatable bonds is 3. The Morgan fingerprint density at radius 2 is 1.16 bits per heavy atom. The van der Waals surface area contributed by atoms with Crippen LogP contribution in [0.15, 0.2) is 97.1 Å². The Morgan fingerprint density at radius 1 is 0.656 bits per heavy atom. The molecule has 0 bridgehead atoms. The van der Waals surface area contributed by atoms with Crippen LogP contribution in [-0.2, 0) is 0 Å². The van der Waals surface area contributed by atoms with E-state index < -0.39 is 5.82 Å². The number of nitrogen functional groups attached to an aromatic ring is 2. The molecule has 0 unspecified atom stereocenters. The summed E-state index contributed by atoms with van der Waals surface area (Å²) >= 11 is 2.20. The van der Waals surface area contributed by atoms with E-state index in [0.29, 0.717) is 18.9 Å². The van der Waals surface area contributed by atoms with Crippen molar-refractivity contribution in [1.82, 2.24) is 0 Å². The van der Waals surface area contributed by atoms with Crippen LogP contribution >= 0.6 is 22.6 Å². The largest absolute Gasteiger partial charge is 0.569 e. The van der Waals surface area contributed by atoms with Gasteiger partial charge in [-0.05, 0) is 59.0 Å². The molecule has 1 radical (unpaired) electrons. The minimum Gasteiger partial charge on any atom is -0.535 e. The molecule has 0 aliphatic rings. The molecule has 0 fully saturated rings. The van der Waals surface area contributed by atoms with Crippen molar-refractivity contribution in [2.75, 3.05) is 11.5 Å². The highest BCUT2D eigenvalue weighted by atomic mass is 127. The van der Waals surface area contributed by atoms with Crippen molar-refractivity contribution in [3.05, 3.63) is 112 Å². The lowest BCUT2D eigenvalue weighted by atomic mass is 10.0. The highest BCUT2D eigenvalue weighted by Gasteiger charge is 2.05. The second-order valence-electron chi connectivity index (χ2n) is 6.24. The van der Waals surface area contributed by atoms with E-state index in [0.717, 1.165) is 14.8 Å². The molecule has 0 spiro atoms. The van der Waals surface area contributed by atoms with Crippen LogP contribution in [0.5, 0.6) is 5.75 Å². The zero-order chi connectivity index (χ0) is 23.3. The summed E-state index contributed by atoms with van der Waals surface area (Å²) in [6, 6.07) is 27.5. The molecule has 4 nitrogen and oxygen atoms in total. The molecule has 8 heteroatoms. The molecule has 0 saturated carbocycles. The van der Waals surface area contributed by atoms with Crippen molar-refractivity contribution in [3.63, 3.8) is 0 Å². The van der Waals surface area contributed by atoms with Gasteiger partial charge in [-0.1, -0.05) is 60.7 Å². The summed E-state index contributed by atoms with van der Waals surface area (Å²) in [6.45, 7) is 0. The van der Waals surface area contributed by atoms with Gasteiger partial charge < -0.3 is 21.1 Å². The third-order valence-corrected chi connectivity index (χ3v) is 5.03. The van der Waals surface area contributed by atoms with E-state index in [-0.39, 0.29) is 11.6 Å². The normalized spacial score (nSPS) is 9.50. The van der Waals surface area contributed by atoms with Crippen LogP contribution in [0.1, 0.15) is 0 Å². The van der Waals surface area contributed by atoms with Crippen molar-refractivity contribution in [3.8, 4) is 16.9 Å². The van der Waals surface area contributed by atoms with Crippen molar-refractivity contribution in [2.45, 2.75) is 0 Å². The lowest BCUT2D eigenvalue weighted by molar-refractivity contribution is 0.431.